The van der Waals surface area contributed by atoms with E-state index in [9.17, 15) is 8.78 Å². The first-order valence-corrected chi connectivity index (χ1v) is 5.12. The summed E-state index contributed by atoms with van der Waals surface area (Å²) in [6.45, 7) is 6.59. The van der Waals surface area contributed by atoms with Gasteiger partial charge in [0.25, 0.3) is 5.92 Å². The lowest BCUT2D eigenvalue weighted by molar-refractivity contribution is -0.106. The lowest BCUT2D eigenvalue weighted by Crippen LogP contribution is -2.46. The summed E-state index contributed by atoms with van der Waals surface area (Å²) in [4.78, 5) is 1.70. The van der Waals surface area contributed by atoms with Crippen molar-refractivity contribution >= 4 is 0 Å². The fourth-order valence-corrected chi connectivity index (χ4v) is 1.66. The van der Waals surface area contributed by atoms with E-state index in [0.29, 0.717) is 12.8 Å². The minimum Gasteiger partial charge on any atom is -0.301 e. The van der Waals surface area contributed by atoms with Crippen LogP contribution in [0.2, 0.25) is 0 Å². The van der Waals surface area contributed by atoms with Crippen molar-refractivity contribution in [1.29, 1.82) is 0 Å². The van der Waals surface area contributed by atoms with Crippen molar-refractivity contribution in [2.24, 2.45) is 5.92 Å². The van der Waals surface area contributed by atoms with Gasteiger partial charge in [-0.25, -0.2) is 8.78 Å². The number of hydrogen-bond acceptors (Lipinski definition) is 1. The van der Waals surface area contributed by atoms with E-state index in [1.165, 1.54) is 0 Å². The van der Waals surface area contributed by atoms with Crippen LogP contribution in [0.4, 0.5) is 8.78 Å². The largest absolute Gasteiger partial charge is 0.301 e. The molecule has 0 bridgehead atoms. The Bertz CT molecular complexity index is 137. The third-order valence-corrected chi connectivity index (χ3v) is 2.43. The summed E-state index contributed by atoms with van der Waals surface area (Å²) < 4.78 is 26.2. The molecule has 1 saturated heterocycles. The molecule has 0 aromatic heterocycles. The molecule has 1 aliphatic heterocycles. The molecule has 1 rings (SSSR count). The molecular weight excluding hydrogens is 172 g/mol. The molecule has 0 amide bonds. The predicted octanol–water partition coefficient (Wildman–Crippen LogP) is 3.01. The zero-order valence-corrected chi connectivity index (χ0v) is 9.11. The van der Waals surface area contributed by atoms with Crippen LogP contribution in [-0.2, 0) is 0 Å². The molecule has 0 aromatic carbocycles. The Morgan fingerprint density at radius 3 is 2.31 bits per heavy atom. The van der Waals surface area contributed by atoms with Crippen LogP contribution < -0.4 is 0 Å². The quantitative estimate of drug-likeness (QED) is 0.618. The number of alkyl halides is 2. The normalized spacial score (nSPS) is 27.7. The summed E-state index contributed by atoms with van der Waals surface area (Å²) in [7, 11) is 1.75. The summed E-state index contributed by atoms with van der Waals surface area (Å²) in [5.41, 5.74) is 0. The molecule has 0 aromatic rings. The lowest BCUT2D eigenvalue weighted by Gasteiger charge is -2.35. The summed E-state index contributed by atoms with van der Waals surface area (Å²) in [5, 5.41) is 0. The minimum atomic E-state index is -2.46. The van der Waals surface area contributed by atoms with Gasteiger partial charge < -0.3 is 4.90 Å². The molecule has 1 nitrogen and oxygen atoms in total. The van der Waals surface area contributed by atoms with Crippen molar-refractivity contribution in [1.82, 2.24) is 4.90 Å². The molecule has 0 saturated carbocycles. The van der Waals surface area contributed by atoms with E-state index in [0.717, 1.165) is 6.54 Å². The highest BCUT2D eigenvalue weighted by molar-refractivity contribution is 4.84. The van der Waals surface area contributed by atoms with E-state index in [1.54, 1.807) is 11.9 Å². The van der Waals surface area contributed by atoms with Gasteiger partial charge in [0.1, 0.15) is 0 Å². The van der Waals surface area contributed by atoms with Crippen molar-refractivity contribution in [3.63, 3.8) is 0 Å². The Morgan fingerprint density at radius 2 is 1.92 bits per heavy atom. The van der Waals surface area contributed by atoms with Crippen LogP contribution in [0.3, 0.4) is 0 Å². The molecule has 3 heteroatoms. The molecule has 1 heterocycles. The number of nitrogens with zero attached hydrogens (tertiary/aromatic N) is 1. The highest BCUT2D eigenvalue weighted by atomic mass is 19.3. The van der Waals surface area contributed by atoms with E-state index in [2.05, 4.69) is 0 Å². The van der Waals surface area contributed by atoms with Gasteiger partial charge in [-0.1, -0.05) is 20.8 Å². The summed E-state index contributed by atoms with van der Waals surface area (Å²) >= 11 is 0. The Kier molecular flexibility index (Phi) is 5.45. The third-order valence-electron chi connectivity index (χ3n) is 2.43. The fraction of sp³-hybridized carbons (Fsp3) is 1.00. The molecule has 0 radical (unpaired) electrons. The number of hydrogen-bond donors (Lipinski definition) is 0. The lowest BCUT2D eigenvalue weighted by atomic mass is 9.91. The van der Waals surface area contributed by atoms with E-state index >= 15 is 0 Å². The van der Waals surface area contributed by atoms with Crippen LogP contribution in [0.15, 0.2) is 0 Å². The second-order valence-electron chi connectivity index (χ2n) is 3.39. The highest BCUT2D eigenvalue weighted by Gasteiger charge is 2.42. The van der Waals surface area contributed by atoms with E-state index < -0.39 is 11.8 Å². The average molecular weight is 193 g/mol. The maximum atomic E-state index is 13.1. The van der Waals surface area contributed by atoms with Crippen LogP contribution in [0.1, 0.15) is 33.6 Å². The zero-order chi connectivity index (χ0) is 10.5. The Morgan fingerprint density at radius 1 is 1.38 bits per heavy atom. The van der Waals surface area contributed by atoms with Gasteiger partial charge in [-0.15, -0.1) is 0 Å². The maximum absolute atomic E-state index is 13.1. The molecule has 1 unspecified atom stereocenters. The molecule has 0 spiro atoms. The second kappa shape index (κ2) is 5.53. The topological polar surface area (TPSA) is 3.24 Å². The number of likely N-dealkylation sites (tertiary alicyclic amines) is 1. The standard InChI is InChI=1S/C8H15F2N.C2H6/c1-3-7-4-5-11(2)6-8(7,9)10;1-2/h7H,3-6H2,1-2H3;1-2H3. The van der Waals surface area contributed by atoms with Gasteiger partial charge in [0.15, 0.2) is 0 Å². The SMILES string of the molecule is CC.CCC1CCN(C)CC1(F)F. The van der Waals surface area contributed by atoms with Gasteiger partial charge in [-0.05, 0) is 26.4 Å². The van der Waals surface area contributed by atoms with Crippen LogP contribution in [0.25, 0.3) is 0 Å². The monoisotopic (exact) mass is 193 g/mol. The average Bonchev–Trinajstić information content (AvgIpc) is 2.06. The fourth-order valence-electron chi connectivity index (χ4n) is 1.66. The van der Waals surface area contributed by atoms with Crippen LogP contribution >= 0.6 is 0 Å². The summed E-state index contributed by atoms with van der Waals surface area (Å²) in [6, 6.07) is 0. The van der Waals surface area contributed by atoms with Crippen molar-refractivity contribution in [2.75, 3.05) is 20.1 Å². The minimum absolute atomic E-state index is 0.0640. The molecule has 1 fully saturated rings. The third kappa shape index (κ3) is 3.59. The molecule has 13 heavy (non-hydrogen) atoms. The molecule has 0 aliphatic carbocycles. The van der Waals surface area contributed by atoms with Crippen LogP contribution in [-0.4, -0.2) is 31.0 Å². The van der Waals surface area contributed by atoms with Crippen molar-refractivity contribution in [3.05, 3.63) is 0 Å². The predicted molar refractivity (Wildman–Crippen MR) is 52.2 cm³/mol. The number of piperidine rings is 1. The number of rotatable bonds is 1. The summed E-state index contributed by atoms with van der Waals surface area (Å²) in [5.74, 6) is -2.85. The first-order valence-electron chi connectivity index (χ1n) is 5.12. The van der Waals surface area contributed by atoms with E-state index in [-0.39, 0.29) is 6.54 Å². The second-order valence-corrected chi connectivity index (χ2v) is 3.39. The first kappa shape index (κ1) is 12.8. The van der Waals surface area contributed by atoms with Gasteiger partial charge >= 0.3 is 0 Å². The van der Waals surface area contributed by atoms with Gasteiger partial charge in [0.05, 0.1) is 6.54 Å². The Labute approximate surface area is 80.1 Å². The first-order chi connectivity index (χ1) is 6.06. The molecular formula is C10H21F2N. The molecule has 80 valence electrons. The molecule has 1 aliphatic rings. The Hall–Kier alpha value is -0.180. The van der Waals surface area contributed by atoms with Gasteiger partial charge in [-0.3, -0.25) is 0 Å². The van der Waals surface area contributed by atoms with Crippen molar-refractivity contribution < 1.29 is 8.78 Å². The van der Waals surface area contributed by atoms with Gasteiger partial charge in [0, 0.05) is 5.92 Å². The van der Waals surface area contributed by atoms with Crippen LogP contribution in [0, 0.1) is 5.92 Å². The summed E-state index contributed by atoms with van der Waals surface area (Å²) in [6.07, 6.45) is 1.24. The highest BCUT2D eigenvalue weighted by Crippen LogP contribution is 2.33. The Balaban J connectivity index is 0.000000671. The zero-order valence-electron chi connectivity index (χ0n) is 9.11. The van der Waals surface area contributed by atoms with E-state index in [4.69, 9.17) is 0 Å². The molecule has 0 N–H and O–H groups in total. The van der Waals surface area contributed by atoms with Gasteiger partial charge in [0.2, 0.25) is 0 Å². The number of halogens is 2. The smallest absolute Gasteiger partial charge is 0.263 e. The van der Waals surface area contributed by atoms with Gasteiger partial charge in [-0.2, -0.15) is 0 Å². The van der Waals surface area contributed by atoms with Crippen molar-refractivity contribution in [3.8, 4) is 0 Å². The van der Waals surface area contributed by atoms with Crippen LogP contribution in [0.5, 0.6) is 0 Å². The maximum Gasteiger partial charge on any atom is 0.263 e. The van der Waals surface area contributed by atoms with Crippen molar-refractivity contribution in [2.45, 2.75) is 39.5 Å². The van der Waals surface area contributed by atoms with E-state index in [1.807, 2.05) is 20.8 Å². The molecule has 1 atom stereocenters.